The van der Waals surface area contributed by atoms with E-state index in [0.717, 1.165) is 49.9 Å². The van der Waals surface area contributed by atoms with Gasteiger partial charge in [0, 0.05) is 31.0 Å². The smallest absolute Gasteiger partial charge is 0.202 e. The van der Waals surface area contributed by atoms with Crippen LogP contribution in [0.15, 0.2) is 30.3 Å². The van der Waals surface area contributed by atoms with Gasteiger partial charge < -0.3 is 10.2 Å². The highest BCUT2D eigenvalue weighted by molar-refractivity contribution is 7.09. The van der Waals surface area contributed by atoms with E-state index in [0.29, 0.717) is 0 Å². The number of rotatable bonds is 9. The Kier molecular flexibility index (Phi) is 6.63. The third-order valence-electron chi connectivity index (χ3n) is 3.23. The van der Waals surface area contributed by atoms with Crippen LogP contribution >= 0.6 is 11.5 Å². The fourth-order valence-corrected chi connectivity index (χ4v) is 2.81. The number of hydrogen-bond donors (Lipinski definition) is 1. The minimum atomic E-state index is 0.944. The average molecular weight is 304 g/mol. The van der Waals surface area contributed by atoms with Crippen LogP contribution < -0.4 is 5.32 Å². The quantitative estimate of drug-likeness (QED) is 0.721. The number of aromatic nitrogens is 2. The summed E-state index contributed by atoms with van der Waals surface area (Å²) in [5.41, 5.74) is 1.36. The highest BCUT2D eigenvalue weighted by Crippen LogP contribution is 2.12. The molecule has 0 fully saturated rings. The molecule has 4 nitrogen and oxygen atoms in total. The lowest BCUT2D eigenvalue weighted by atomic mass is 10.2. The van der Waals surface area contributed by atoms with Crippen molar-refractivity contribution in [2.75, 3.05) is 25.5 Å². The number of hydrogen-bond acceptors (Lipinski definition) is 5. The van der Waals surface area contributed by atoms with Gasteiger partial charge in [0.05, 0.1) is 0 Å². The van der Waals surface area contributed by atoms with Crippen LogP contribution in [-0.4, -0.2) is 34.4 Å². The largest absolute Gasteiger partial charge is 0.360 e. The summed E-state index contributed by atoms with van der Waals surface area (Å²) in [6, 6.07) is 10.6. The molecule has 0 aliphatic rings. The molecule has 5 heteroatoms. The Morgan fingerprint density at radius 1 is 1.24 bits per heavy atom. The molecule has 0 saturated carbocycles. The Labute approximate surface area is 131 Å². The number of benzene rings is 1. The topological polar surface area (TPSA) is 41.1 Å². The SMILES string of the molecule is CCCc1nsc(NCCCN(C)Cc2ccccc2)n1. The van der Waals surface area contributed by atoms with Gasteiger partial charge in [0.25, 0.3) is 0 Å². The van der Waals surface area contributed by atoms with E-state index < -0.39 is 0 Å². The minimum Gasteiger partial charge on any atom is -0.360 e. The lowest BCUT2D eigenvalue weighted by Gasteiger charge is -2.16. The first-order chi connectivity index (χ1) is 10.3. The summed E-state index contributed by atoms with van der Waals surface area (Å²) in [5, 5.41) is 4.31. The highest BCUT2D eigenvalue weighted by atomic mass is 32.1. The van der Waals surface area contributed by atoms with Crippen LogP contribution in [0.3, 0.4) is 0 Å². The molecule has 0 unspecified atom stereocenters. The highest BCUT2D eigenvalue weighted by Gasteiger charge is 2.03. The molecule has 0 aliphatic heterocycles. The third-order valence-corrected chi connectivity index (χ3v) is 3.94. The zero-order valence-corrected chi connectivity index (χ0v) is 13.7. The number of nitrogens with one attached hydrogen (secondary N) is 1. The second kappa shape index (κ2) is 8.74. The molecule has 1 heterocycles. The Hall–Kier alpha value is -1.46. The van der Waals surface area contributed by atoms with Gasteiger partial charge >= 0.3 is 0 Å². The Morgan fingerprint density at radius 3 is 2.81 bits per heavy atom. The first kappa shape index (κ1) is 15.9. The molecular formula is C16H24N4S. The molecule has 1 aromatic carbocycles. The second-order valence-corrected chi connectivity index (χ2v) is 6.02. The molecule has 0 radical (unpaired) electrons. The van der Waals surface area contributed by atoms with Gasteiger partial charge in [-0.15, -0.1) is 0 Å². The van der Waals surface area contributed by atoms with Gasteiger partial charge in [-0.2, -0.15) is 4.37 Å². The van der Waals surface area contributed by atoms with E-state index >= 15 is 0 Å². The number of aryl methyl sites for hydroxylation is 1. The zero-order valence-electron chi connectivity index (χ0n) is 12.9. The summed E-state index contributed by atoms with van der Waals surface area (Å²) < 4.78 is 4.33. The van der Waals surface area contributed by atoms with E-state index in [4.69, 9.17) is 0 Å². The fourth-order valence-electron chi connectivity index (χ4n) is 2.17. The van der Waals surface area contributed by atoms with Crippen LogP contribution in [0, 0.1) is 0 Å². The van der Waals surface area contributed by atoms with Gasteiger partial charge in [0.2, 0.25) is 5.13 Å². The lowest BCUT2D eigenvalue weighted by molar-refractivity contribution is 0.325. The van der Waals surface area contributed by atoms with Crippen LogP contribution in [-0.2, 0) is 13.0 Å². The molecule has 2 rings (SSSR count). The summed E-state index contributed by atoms with van der Waals surface area (Å²) in [6.07, 6.45) is 3.17. The van der Waals surface area contributed by atoms with E-state index in [1.165, 1.54) is 17.1 Å². The molecule has 0 atom stereocenters. The molecule has 2 aromatic rings. The molecule has 0 saturated heterocycles. The maximum Gasteiger partial charge on any atom is 0.202 e. The molecular weight excluding hydrogens is 280 g/mol. The normalized spacial score (nSPS) is 11.0. The maximum atomic E-state index is 4.47. The first-order valence-corrected chi connectivity index (χ1v) is 8.34. The van der Waals surface area contributed by atoms with E-state index in [1.54, 1.807) is 0 Å². The van der Waals surface area contributed by atoms with Crippen LogP contribution in [0.5, 0.6) is 0 Å². The lowest BCUT2D eigenvalue weighted by Crippen LogP contribution is -2.21. The summed E-state index contributed by atoms with van der Waals surface area (Å²) >= 11 is 1.47. The van der Waals surface area contributed by atoms with Gasteiger partial charge in [-0.05, 0) is 32.0 Å². The van der Waals surface area contributed by atoms with Crippen molar-refractivity contribution in [1.29, 1.82) is 0 Å². The number of anilines is 1. The van der Waals surface area contributed by atoms with Crippen molar-refractivity contribution in [2.45, 2.75) is 32.7 Å². The summed E-state index contributed by atoms with van der Waals surface area (Å²) in [5.74, 6) is 0.964. The summed E-state index contributed by atoms with van der Waals surface area (Å²) in [6.45, 7) is 5.17. The Balaban J connectivity index is 1.62. The minimum absolute atomic E-state index is 0.944. The van der Waals surface area contributed by atoms with Crippen molar-refractivity contribution in [3.8, 4) is 0 Å². The van der Waals surface area contributed by atoms with E-state index in [1.807, 2.05) is 0 Å². The summed E-state index contributed by atoms with van der Waals surface area (Å²) in [4.78, 5) is 6.81. The molecule has 0 spiro atoms. The van der Waals surface area contributed by atoms with Crippen LogP contribution in [0.1, 0.15) is 31.2 Å². The zero-order chi connectivity index (χ0) is 14.9. The van der Waals surface area contributed by atoms with Crippen LogP contribution in [0.4, 0.5) is 5.13 Å². The van der Waals surface area contributed by atoms with Crippen molar-refractivity contribution in [2.24, 2.45) is 0 Å². The Bertz CT molecular complexity index is 512. The van der Waals surface area contributed by atoms with E-state index in [2.05, 4.69) is 63.9 Å². The van der Waals surface area contributed by atoms with Crippen molar-refractivity contribution in [3.05, 3.63) is 41.7 Å². The molecule has 21 heavy (non-hydrogen) atoms. The predicted molar refractivity (Wildman–Crippen MR) is 89.8 cm³/mol. The molecule has 1 aromatic heterocycles. The van der Waals surface area contributed by atoms with Crippen molar-refractivity contribution < 1.29 is 0 Å². The van der Waals surface area contributed by atoms with Gasteiger partial charge in [-0.1, -0.05) is 37.3 Å². The van der Waals surface area contributed by atoms with Crippen molar-refractivity contribution in [3.63, 3.8) is 0 Å². The van der Waals surface area contributed by atoms with Gasteiger partial charge in [0.1, 0.15) is 5.82 Å². The standard InChI is InChI=1S/C16H24N4S/c1-3-8-15-18-16(21-19-15)17-11-7-12-20(2)13-14-9-5-4-6-10-14/h4-6,9-10H,3,7-8,11-13H2,1-2H3,(H,17,18,19). The number of nitrogens with zero attached hydrogens (tertiary/aromatic N) is 3. The predicted octanol–water partition coefficient (Wildman–Crippen LogP) is 3.42. The Morgan fingerprint density at radius 2 is 2.05 bits per heavy atom. The van der Waals surface area contributed by atoms with Crippen LogP contribution in [0.2, 0.25) is 0 Å². The van der Waals surface area contributed by atoms with Crippen molar-refractivity contribution >= 4 is 16.7 Å². The molecule has 1 N–H and O–H groups in total. The molecule has 0 amide bonds. The monoisotopic (exact) mass is 304 g/mol. The molecule has 0 aliphatic carbocycles. The van der Waals surface area contributed by atoms with E-state index in [-0.39, 0.29) is 0 Å². The van der Waals surface area contributed by atoms with Gasteiger partial charge in [-0.25, -0.2) is 4.98 Å². The summed E-state index contributed by atoms with van der Waals surface area (Å²) in [7, 11) is 2.16. The molecule has 114 valence electrons. The maximum absolute atomic E-state index is 4.47. The third kappa shape index (κ3) is 5.81. The molecule has 0 bridgehead atoms. The van der Waals surface area contributed by atoms with Gasteiger partial charge in [-0.3, -0.25) is 0 Å². The van der Waals surface area contributed by atoms with Crippen LogP contribution in [0.25, 0.3) is 0 Å². The van der Waals surface area contributed by atoms with Crippen molar-refractivity contribution in [1.82, 2.24) is 14.3 Å². The second-order valence-electron chi connectivity index (χ2n) is 5.27. The van der Waals surface area contributed by atoms with Gasteiger partial charge in [0.15, 0.2) is 0 Å². The fraction of sp³-hybridized carbons (Fsp3) is 0.500. The van der Waals surface area contributed by atoms with E-state index in [9.17, 15) is 0 Å². The first-order valence-electron chi connectivity index (χ1n) is 7.57. The average Bonchev–Trinajstić information content (AvgIpc) is 2.93.